The van der Waals surface area contributed by atoms with Crippen LogP contribution in [0.2, 0.25) is 0 Å². The summed E-state index contributed by atoms with van der Waals surface area (Å²) >= 11 is 1.40. The molecule has 11 heteroatoms. The summed E-state index contributed by atoms with van der Waals surface area (Å²) in [4.78, 5) is 43.5. The molecule has 0 fully saturated rings. The lowest BCUT2D eigenvalue weighted by Crippen LogP contribution is -2.21. The first kappa shape index (κ1) is 45.5. The molecule has 0 spiro atoms. The number of carboxylic acid groups (broad SMARTS) is 1. The van der Waals surface area contributed by atoms with Gasteiger partial charge in [-0.25, -0.2) is 14.4 Å². The van der Waals surface area contributed by atoms with Crippen LogP contribution in [0.5, 0.6) is 0 Å². The molecule has 0 amide bonds. The quantitative estimate of drug-likeness (QED) is 0.0547. The highest BCUT2D eigenvalue weighted by molar-refractivity contribution is 7.16. The number of benzene rings is 5. The number of nitriles is 1. The van der Waals surface area contributed by atoms with Gasteiger partial charge in [0.25, 0.3) is 0 Å². The lowest BCUT2D eigenvalue weighted by molar-refractivity contribution is -0.132. The number of hydrogen-bond acceptors (Lipinski definition) is 10. The second-order valence-corrected chi connectivity index (χ2v) is 16.9. The minimum atomic E-state index is -1.27. The van der Waals surface area contributed by atoms with Crippen LogP contribution in [0.25, 0.3) is 62.8 Å². The molecule has 0 radical (unpaired) electrons. The van der Waals surface area contributed by atoms with Gasteiger partial charge in [0, 0.05) is 68.5 Å². The molecule has 67 heavy (non-hydrogen) atoms. The van der Waals surface area contributed by atoms with Crippen molar-refractivity contribution in [1.29, 1.82) is 5.26 Å². The third-order valence-corrected chi connectivity index (χ3v) is 12.8. The molecule has 0 bridgehead atoms. The van der Waals surface area contributed by atoms with E-state index in [-0.39, 0.29) is 11.6 Å². The van der Waals surface area contributed by atoms with Crippen LogP contribution >= 0.6 is 11.3 Å². The summed E-state index contributed by atoms with van der Waals surface area (Å²) in [6.45, 7) is 8.01. The first-order valence-corrected chi connectivity index (χ1v) is 22.9. The molecule has 0 aliphatic rings. The maximum absolute atomic E-state index is 13.1. The molecule has 3 heterocycles. The molecular weight excluding hydrogens is 857 g/mol. The fourth-order valence-corrected chi connectivity index (χ4v) is 8.99. The largest absolute Gasteiger partial charge is 0.477 e. The van der Waals surface area contributed by atoms with Crippen molar-refractivity contribution in [2.45, 2.75) is 33.2 Å². The zero-order valence-corrected chi connectivity index (χ0v) is 38.3. The molecule has 3 aromatic heterocycles. The molecule has 1 unspecified atom stereocenters. The maximum Gasteiger partial charge on any atom is 0.346 e. The number of nitrogens with zero attached hydrogens (tertiary/aromatic N) is 3. The maximum atomic E-state index is 13.1. The molecule has 0 saturated heterocycles. The van der Waals surface area contributed by atoms with Crippen LogP contribution in [-0.4, -0.2) is 31.2 Å². The van der Waals surface area contributed by atoms with Crippen molar-refractivity contribution in [2.75, 3.05) is 29.9 Å². The Kier molecular flexibility index (Phi) is 13.9. The van der Waals surface area contributed by atoms with E-state index >= 15 is 0 Å². The summed E-state index contributed by atoms with van der Waals surface area (Å²) in [6.07, 6.45) is 9.63. The number of thiophene rings is 1. The van der Waals surface area contributed by atoms with Gasteiger partial charge in [-0.05, 0) is 147 Å². The Morgan fingerprint density at radius 2 is 1.21 bits per heavy atom. The van der Waals surface area contributed by atoms with E-state index in [2.05, 4.69) is 42.0 Å². The summed E-state index contributed by atoms with van der Waals surface area (Å²) in [5, 5.41) is 23.6. The third-order valence-electron chi connectivity index (χ3n) is 11.7. The standard InChI is InChI=1S/C56H48N4O6S/c1-5-50(58-4)39-16-17-40-30-42(55(63)65-51(40)33-39)14-8-36-10-21-45(22-11-36)60(47-25-18-38(19-26-47)53-29-28-49(67-53)32-44(35-57)54(61)62)46-23-12-37(13-24-46)9-15-43-31-41-20-27-48(59(6-2)7-3)34-52(41)66-56(43)64/h8-34,50,58H,5-7H2,1-4H3,(H,61,62). The zero-order chi connectivity index (χ0) is 47.0. The highest BCUT2D eigenvalue weighted by Gasteiger charge is 2.15. The number of aliphatic carboxylic acids is 1. The van der Waals surface area contributed by atoms with Crippen molar-refractivity contribution < 1.29 is 18.7 Å². The number of rotatable bonds is 16. The van der Waals surface area contributed by atoms with Gasteiger partial charge in [0.05, 0.1) is 11.1 Å². The fourth-order valence-electron chi connectivity index (χ4n) is 8.03. The highest BCUT2D eigenvalue weighted by Crippen LogP contribution is 2.38. The molecule has 8 rings (SSSR count). The Hall–Kier alpha value is -8.04. The molecule has 10 nitrogen and oxygen atoms in total. The zero-order valence-electron chi connectivity index (χ0n) is 37.5. The summed E-state index contributed by atoms with van der Waals surface area (Å²) in [5.74, 6) is -1.27. The van der Waals surface area contributed by atoms with Crippen LogP contribution < -0.4 is 26.4 Å². The minimum absolute atomic E-state index is 0.172. The van der Waals surface area contributed by atoms with Gasteiger partial charge >= 0.3 is 17.2 Å². The smallest absolute Gasteiger partial charge is 0.346 e. The normalized spacial score (nSPS) is 12.3. The number of nitrogens with one attached hydrogen (secondary N) is 1. The number of carbonyl (C=O) groups is 1. The van der Waals surface area contributed by atoms with Gasteiger partial charge in [-0.2, -0.15) is 5.26 Å². The van der Waals surface area contributed by atoms with E-state index < -0.39 is 17.2 Å². The van der Waals surface area contributed by atoms with Crippen LogP contribution in [-0.2, 0) is 4.79 Å². The number of anilines is 4. The number of hydrogen-bond donors (Lipinski definition) is 2. The van der Waals surface area contributed by atoms with Gasteiger partial charge in [-0.1, -0.05) is 67.6 Å². The molecule has 334 valence electrons. The Morgan fingerprint density at radius 3 is 1.72 bits per heavy atom. The average molecular weight is 905 g/mol. The van der Waals surface area contributed by atoms with Crippen molar-refractivity contribution in [2.24, 2.45) is 0 Å². The van der Waals surface area contributed by atoms with Gasteiger partial charge in [0.1, 0.15) is 22.8 Å². The van der Waals surface area contributed by atoms with E-state index in [4.69, 9.17) is 8.83 Å². The van der Waals surface area contributed by atoms with Crippen LogP contribution in [0.15, 0.2) is 157 Å². The second kappa shape index (κ2) is 20.4. The van der Waals surface area contributed by atoms with Crippen molar-refractivity contribution >= 4 is 92.4 Å². The van der Waals surface area contributed by atoms with E-state index in [1.165, 1.54) is 17.4 Å². The molecule has 8 aromatic rings. The Morgan fingerprint density at radius 1 is 0.687 bits per heavy atom. The highest BCUT2D eigenvalue weighted by atomic mass is 32.1. The van der Waals surface area contributed by atoms with E-state index in [1.54, 1.807) is 24.3 Å². The van der Waals surface area contributed by atoms with Crippen LogP contribution in [0.4, 0.5) is 22.7 Å². The first-order chi connectivity index (χ1) is 32.6. The minimum Gasteiger partial charge on any atom is -0.477 e. The second-order valence-electron chi connectivity index (χ2n) is 15.8. The predicted octanol–water partition coefficient (Wildman–Crippen LogP) is 12.9. The Bertz CT molecular complexity index is 3170. The fraction of sp³-hybridized carbons (Fsp3) is 0.143. The molecule has 2 N–H and O–H groups in total. The van der Waals surface area contributed by atoms with E-state index in [9.17, 15) is 24.8 Å². The number of fused-ring (bicyclic) bond motifs is 2. The number of carboxylic acids is 1. The van der Waals surface area contributed by atoms with Gasteiger partial charge < -0.3 is 29.1 Å². The van der Waals surface area contributed by atoms with Crippen molar-refractivity contribution in [3.63, 3.8) is 0 Å². The SMILES string of the molecule is CCC(NC)c1ccc2cc(C=Cc3ccc(N(c4ccc(C=Cc5cc6ccc(N(CC)CC)cc6oc5=O)cc4)c4ccc(-c5ccc(C=C(C#N)C(=O)O)s5)cc4)cc3)c(=O)oc2c1. The summed E-state index contributed by atoms with van der Waals surface area (Å²) in [5.41, 5.74) is 8.34. The van der Waals surface area contributed by atoms with Crippen molar-refractivity contribution in [3.05, 3.63) is 193 Å². The van der Waals surface area contributed by atoms with Gasteiger partial charge in [-0.3, -0.25) is 0 Å². The Labute approximate surface area is 392 Å². The molecule has 0 aliphatic heterocycles. The van der Waals surface area contributed by atoms with Crippen molar-refractivity contribution in [3.8, 4) is 16.5 Å². The molecule has 0 saturated carbocycles. The Balaban J connectivity index is 1.07. The van der Waals surface area contributed by atoms with E-state index in [0.29, 0.717) is 27.2 Å². The lowest BCUT2D eigenvalue weighted by atomic mass is 10.0. The molecule has 5 aromatic carbocycles. The monoisotopic (exact) mass is 904 g/mol. The summed E-state index contributed by atoms with van der Waals surface area (Å²) < 4.78 is 11.5. The average Bonchev–Trinajstić information content (AvgIpc) is 3.82. The topological polar surface area (TPSA) is 140 Å². The predicted molar refractivity (Wildman–Crippen MR) is 274 cm³/mol. The van der Waals surface area contributed by atoms with E-state index in [1.807, 2.05) is 141 Å². The van der Waals surface area contributed by atoms with Gasteiger partial charge in [-0.15, -0.1) is 11.3 Å². The van der Waals surface area contributed by atoms with Crippen LogP contribution in [0.3, 0.4) is 0 Å². The molecule has 1 atom stereocenters. The third kappa shape index (κ3) is 10.3. The molecule has 0 aliphatic carbocycles. The summed E-state index contributed by atoms with van der Waals surface area (Å²) in [7, 11) is 1.92. The van der Waals surface area contributed by atoms with Crippen molar-refractivity contribution in [1.82, 2.24) is 5.32 Å². The van der Waals surface area contributed by atoms with E-state index in [0.717, 1.165) is 80.2 Å². The lowest BCUT2D eigenvalue weighted by Gasteiger charge is -2.26. The summed E-state index contributed by atoms with van der Waals surface area (Å²) in [6, 6.07) is 45.4. The molecular formula is C56H48N4O6S. The van der Waals surface area contributed by atoms with Gasteiger partial charge in [0.2, 0.25) is 0 Å². The van der Waals surface area contributed by atoms with Gasteiger partial charge in [0.15, 0.2) is 0 Å². The first-order valence-electron chi connectivity index (χ1n) is 22.1. The van der Waals surface area contributed by atoms with Crippen LogP contribution in [0, 0.1) is 11.3 Å². The van der Waals surface area contributed by atoms with Crippen LogP contribution in [0.1, 0.15) is 65.9 Å².